The lowest BCUT2D eigenvalue weighted by Crippen LogP contribution is -2.10. The average Bonchev–Trinajstić information content (AvgIpc) is 2.61. The van der Waals surface area contributed by atoms with E-state index in [9.17, 15) is 0 Å². The summed E-state index contributed by atoms with van der Waals surface area (Å²) in [7, 11) is 3.83. The van der Waals surface area contributed by atoms with Crippen LogP contribution in [0.1, 0.15) is 29.7 Å². The summed E-state index contributed by atoms with van der Waals surface area (Å²) in [6, 6.07) is 4.20. The Morgan fingerprint density at radius 1 is 1.33 bits per heavy atom. The van der Waals surface area contributed by atoms with Gasteiger partial charge in [-0.05, 0) is 49.6 Å². The Morgan fingerprint density at radius 2 is 2.00 bits per heavy atom. The Kier molecular flexibility index (Phi) is 3.35. The summed E-state index contributed by atoms with van der Waals surface area (Å²) in [5.74, 6) is 1.27. The number of fused-ring (bicyclic) bond motifs is 1. The van der Waals surface area contributed by atoms with Crippen molar-refractivity contribution in [1.82, 2.24) is 4.57 Å². The van der Waals surface area contributed by atoms with Crippen molar-refractivity contribution in [3.05, 3.63) is 29.0 Å². The van der Waals surface area contributed by atoms with E-state index in [1.165, 1.54) is 27.7 Å². The number of benzene rings is 1. The molecule has 0 spiro atoms. The number of nitrogens with zero attached hydrogens (tertiary/aromatic N) is 1. The van der Waals surface area contributed by atoms with Gasteiger partial charge in [0.15, 0.2) is 0 Å². The lowest BCUT2D eigenvalue weighted by atomic mass is 9.97. The highest BCUT2D eigenvalue weighted by atomic mass is 16.5. The number of hydrogen-bond acceptors (Lipinski definition) is 2. The highest BCUT2D eigenvalue weighted by molar-refractivity contribution is 5.90. The van der Waals surface area contributed by atoms with Gasteiger partial charge in [0.2, 0.25) is 0 Å². The van der Waals surface area contributed by atoms with Crippen molar-refractivity contribution in [3.63, 3.8) is 0 Å². The molecule has 18 heavy (non-hydrogen) atoms. The fourth-order valence-electron chi connectivity index (χ4n) is 2.80. The van der Waals surface area contributed by atoms with Gasteiger partial charge in [-0.1, -0.05) is 6.92 Å². The number of methoxy groups -OCH3 is 1. The molecule has 0 aliphatic rings. The van der Waals surface area contributed by atoms with Crippen molar-refractivity contribution in [2.45, 2.75) is 26.7 Å². The molecular weight excluding hydrogens is 224 g/mol. The normalized spacial score (nSPS) is 13.0. The molecule has 1 aromatic carbocycles. The zero-order chi connectivity index (χ0) is 13.4. The van der Waals surface area contributed by atoms with Gasteiger partial charge >= 0.3 is 0 Å². The molecule has 1 heterocycles. The summed E-state index contributed by atoms with van der Waals surface area (Å²) in [6.45, 7) is 7.13. The maximum atomic E-state index is 5.84. The lowest BCUT2D eigenvalue weighted by molar-refractivity contribution is 0.415. The molecule has 2 rings (SSSR count). The Labute approximate surface area is 109 Å². The van der Waals surface area contributed by atoms with E-state index in [1.54, 1.807) is 7.11 Å². The van der Waals surface area contributed by atoms with E-state index in [4.69, 9.17) is 10.5 Å². The van der Waals surface area contributed by atoms with Crippen LogP contribution in [0.5, 0.6) is 5.75 Å². The third-order valence-corrected chi connectivity index (χ3v) is 3.87. The Balaban J connectivity index is 2.85. The van der Waals surface area contributed by atoms with Crippen molar-refractivity contribution >= 4 is 10.9 Å². The van der Waals surface area contributed by atoms with Crippen LogP contribution >= 0.6 is 0 Å². The second kappa shape index (κ2) is 4.65. The molecule has 0 fully saturated rings. The molecule has 0 bridgehead atoms. The summed E-state index contributed by atoms with van der Waals surface area (Å²) in [6.07, 6.45) is 0. The molecule has 1 atom stereocenters. The van der Waals surface area contributed by atoms with E-state index in [2.05, 4.69) is 44.5 Å². The molecule has 1 unspecified atom stereocenters. The molecule has 2 aromatic rings. The minimum Gasteiger partial charge on any atom is -0.497 e. The standard InChI is InChI=1S/C15H22N2O/c1-9-6-12(18-5)7-13-14(10(2)8-16)11(3)17(4)15(9)13/h6-7,10H,8,16H2,1-5H3. The highest BCUT2D eigenvalue weighted by Crippen LogP contribution is 2.35. The SMILES string of the molecule is COc1cc(C)c2c(c1)c(C(C)CN)c(C)n2C. The minimum absolute atomic E-state index is 0.361. The Morgan fingerprint density at radius 3 is 2.56 bits per heavy atom. The molecule has 0 saturated carbocycles. The first-order valence-electron chi connectivity index (χ1n) is 6.34. The number of hydrogen-bond donors (Lipinski definition) is 1. The van der Waals surface area contributed by atoms with Crippen molar-refractivity contribution in [3.8, 4) is 5.75 Å². The minimum atomic E-state index is 0.361. The van der Waals surface area contributed by atoms with E-state index in [1.807, 2.05) is 0 Å². The third-order valence-electron chi connectivity index (χ3n) is 3.87. The second-order valence-electron chi connectivity index (χ2n) is 5.04. The van der Waals surface area contributed by atoms with Crippen LogP contribution in [-0.2, 0) is 7.05 Å². The van der Waals surface area contributed by atoms with E-state index >= 15 is 0 Å². The van der Waals surface area contributed by atoms with Crippen LogP contribution in [0, 0.1) is 13.8 Å². The number of ether oxygens (including phenoxy) is 1. The molecule has 98 valence electrons. The van der Waals surface area contributed by atoms with Gasteiger partial charge < -0.3 is 15.0 Å². The first-order valence-corrected chi connectivity index (χ1v) is 6.34. The molecule has 0 amide bonds. The molecule has 0 aliphatic carbocycles. The zero-order valence-electron chi connectivity index (χ0n) is 11.9. The predicted molar refractivity (Wildman–Crippen MR) is 76.4 cm³/mol. The summed E-state index contributed by atoms with van der Waals surface area (Å²) in [4.78, 5) is 0. The summed E-state index contributed by atoms with van der Waals surface area (Å²) in [5, 5.41) is 1.27. The van der Waals surface area contributed by atoms with Crippen molar-refractivity contribution in [2.24, 2.45) is 12.8 Å². The van der Waals surface area contributed by atoms with Gasteiger partial charge in [-0.15, -0.1) is 0 Å². The Bertz CT molecular complexity index is 584. The largest absolute Gasteiger partial charge is 0.497 e. The first-order chi connectivity index (χ1) is 8.51. The first kappa shape index (κ1) is 13.0. The fourth-order valence-corrected chi connectivity index (χ4v) is 2.80. The maximum Gasteiger partial charge on any atom is 0.119 e. The van der Waals surface area contributed by atoms with Gasteiger partial charge in [-0.25, -0.2) is 0 Å². The molecule has 0 radical (unpaired) electrons. The van der Waals surface area contributed by atoms with E-state index < -0.39 is 0 Å². The smallest absolute Gasteiger partial charge is 0.119 e. The second-order valence-corrected chi connectivity index (χ2v) is 5.04. The third kappa shape index (κ3) is 1.79. The van der Waals surface area contributed by atoms with Crippen molar-refractivity contribution in [1.29, 1.82) is 0 Å². The molecule has 3 nitrogen and oxygen atoms in total. The van der Waals surface area contributed by atoms with Crippen molar-refractivity contribution in [2.75, 3.05) is 13.7 Å². The summed E-state index contributed by atoms with van der Waals surface area (Å²) >= 11 is 0. The monoisotopic (exact) mass is 246 g/mol. The van der Waals surface area contributed by atoms with Crippen LogP contribution in [0.3, 0.4) is 0 Å². The van der Waals surface area contributed by atoms with Gasteiger partial charge in [0.25, 0.3) is 0 Å². The van der Waals surface area contributed by atoms with Gasteiger partial charge in [0.05, 0.1) is 12.6 Å². The number of rotatable bonds is 3. The Hall–Kier alpha value is -1.48. The molecule has 0 saturated heterocycles. The molecule has 1 aromatic heterocycles. The highest BCUT2D eigenvalue weighted by Gasteiger charge is 2.18. The van der Waals surface area contributed by atoms with E-state index in [-0.39, 0.29) is 0 Å². The summed E-state index contributed by atoms with van der Waals surface area (Å²) in [5.41, 5.74) is 11.0. The van der Waals surface area contributed by atoms with Crippen LogP contribution in [0.15, 0.2) is 12.1 Å². The predicted octanol–water partition coefficient (Wildman–Crippen LogP) is 2.87. The quantitative estimate of drug-likeness (QED) is 0.904. The average molecular weight is 246 g/mol. The van der Waals surface area contributed by atoms with Crippen LogP contribution in [-0.4, -0.2) is 18.2 Å². The number of aromatic nitrogens is 1. The van der Waals surface area contributed by atoms with Gasteiger partial charge in [-0.2, -0.15) is 0 Å². The number of nitrogens with two attached hydrogens (primary N) is 1. The zero-order valence-corrected chi connectivity index (χ0v) is 11.9. The maximum absolute atomic E-state index is 5.84. The topological polar surface area (TPSA) is 40.2 Å². The summed E-state index contributed by atoms with van der Waals surface area (Å²) < 4.78 is 7.64. The lowest BCUT2D eigenvalue weighted by Gasteiger charge is -2.10. The van der Waals surface area contributed by atoms with Gasteiger partial charge in [-0.3, -0.25) is 0 Å². The van der Waals surface area contributed by atoms with Crippen molar-refractivity contribution < 1.29 is 4.74 Å². The van der Waals surface area contributed by atoms with Gasteiger partial charge in [0, 0.05) is 18.1 Å². The van der Waals surface area contributed by atoms with Crippen LogP contribution < -0.4 is 10.5 Å². The molecule has 3 heteroatoms. The molecule has 2 N–H and O–H groups in total. The van der Waals surface area contributed by atoms with Crippen LogP contribution in [0.4, 0.5) is 0 Å². The van der Waals surface area contributed by atoms with E-state index in [0.29, 0.717) is 12.5 Å². The molecular formula is C15H22N2O. The fraction of sp³-hybridized carbons (Fsp3) is 0.467. The number of aryl methyl sites for hydroxylation is 2. The van der Waals surface area contributed by atoms with Gasteiger partial charge in [0.1, 0.15) is 5.75 Å². The molecule has 0 aliphatic heterocycles. The van der Waals surface area contributed by atoms with Crippen LogP contribution in [0.25, 0.3) is 10.9 Å². The van der Waals surface area contributed by atoms with Crippen LogP contribution in [0.2, 0.25) is 0 Å². The van der Waals surface area contributed by atoms with E-state index in [0.717, 1.165) is 5.75 Å².